The van der Waals surface area contributed by atoms with Crippen molar-refractivity contribution in [1.82, 2.24) is 5.32 Å². The van der Waals surface area contributed by atoms with Crippen molar-refractivity contribution in [1.29, 1.82) is 0 Å². The lowest BCUT2D eigenvalue weighted by molar-refractivity contribution is 0.656. The average Bonchev–Trinajstić information content (AvgIpc) is 2.45. The Morgan fingerprint density at radius 1 is 1.43 bits per heavy atom. The van der Waals surface area contributed by atoms with Crippen molar-refractivity contribution < 1.29 is 0 Å². The number of thioether (sulfide) groups is 1. The Bertz CT molecular complexity index is 295. The zero-order valence-corrected chi connectivity index (χ0v) is 9.57. The Labute approximate surface area is 94.2 Å². The number of nitrogens with one attached hydrogen (secondary N) is 1. The maximum Gasteiger partial charge on any atom is 0.0408 e. The van der Waals surface area contributed by atoms with Crippen LogP contribution in [0.15, 0.2) is 24.3 Å². The van der Waals surface area contributed by atoms with Crippen LogP contribution in [0, 0.1) is 0 Å². The maximum absolute atomic E-state index is 5.98. The van der Waals surface area contributed by atoms with E-state index < -0.39 is 0 Å². The molecule has 1 aromatic carbocycles. The molecule has 1 unspecified atom stereocenters. The number of rotatable bonds is 1. The highest BCUT2D eigenvalue weighted by Gasteiger charge is 2.13. The van der Waals surface area contributed by atoms with Crippen LogP contribution in [0.5, 0.6) is 0 Å². The van der Waals surface area contributed by atoms with E-state index in [0.29, 0.717) is 5.92 Å². The lowest BCUT2D eigenvalue weighted by atomic mass is 10.0. The topological polar surface area (TPSA) is 12.0 Å². The van der Waals surface area contributed by atoms with Gasteiger partial charge in [0.2, 0.25) is 0 Å². The lowest BCUT2D eigenvalue weighted by Gasteiger charge is -2.14. The highest BCUT2D eigenvalue weighted by molar-refractivity contribution is 7.99. The molecule has 1 fully saturated rings. The molecule has 0 aliphatic carbocycles. The van der Waals surface area contributed by atoms with Gasteiger partial charge in [0.05, 0.1) is 0 Å². The zero-order valence-electron chi connectivity index (χ0n) is 8.00. The van der Waals surface area contributed by atoms with E-state index in [9.17, 15) is 0 Å². The molecule has 0 radical (unpaired) electrons. The predicted octanol–water partition coefficient (Wildman–Crippen LogP) is 2.76. The van der Waals surface area contributed by atoms with Crippen molar-refractivity contribution >= 4 is 23.4 Å². The van der Waals surface area contributed by atoms with Crippen molar-refractivity contribution in [3.8, 4) is 0 Å². The van der Waals surface area contributed by atoms with Crippen molar-refractivity contribution in [3.63, 3.8) is 0 Å². The van der Waals surface area contributed by atoms with E-state index in [0.717, 1.165) is 18.1 Å². The maximum atomic E-state index is 5.98. The summed E-state index contributed by atoms with van der Waals surface area (Å²) >= 11 is 8.00. The van der Waals surface area contributed by atoms with E-state index in [4.69, 9.17) is 11.6 Å². The molecule has 1 saturated heterocycles. The van der Waals surface area contributed by atoms with Crippen molar-refractivity contribution in [3.05, 3.63) is 34.9 Å². The molecular weight excluding hydrogens is 214 g/mol. The summed E-state index contributed by atoms with van der Waals surface area (Å²) in [7, 11) is 0. The number of halogens is 1. The normalized spacial score (nSPS) is 23.1. The summed E-state index contributed by atoms with van der Waals surface area (Å²) in [5.74, 6) is 3.03. The van der Waals surface area contributed by atoms with E-state index in [1.54, 1.807) is 0 Å². The van der Waals surface area contributed by atoms with Crippen LogP contribution in [0.1, 0.15) is 11.5 Å². The molecule has 0 spiro atoms. The minimum absolute atomic E-state index is 0.612. The van der Waals surface area contributed by atoms with Crippen LogP contribution >= 0.6 is 23.4 Å². The average molecular weight is 228 g/mol. The predicted molar refractivity (Wildman–Crippen MR) is 64.4 cm³/mol. The minimum atomic E-state index is 0.612. The first-order chi connectivity index (χ1) is 6.86. The molecule has 14 heavy (non-hydrogen) atoms. The number of hydrogen-bond donors (Lipinski definition) is 1. The van der Waals surface area contributed by atoms with Gasteiger partial charge in [-0.15, -0.1) is 0 Å². The SMILES string of the molecule is Clc1cccc(C2CNCCSC2)c1. The summed E-state index contributed by atoms with van der Waals surface area (Å²) < 4.78 is 0. The van der Waals surface area contributed by atoms with Gasteiger partial charge in [-0.1, -0.05) is 23.7 Å². The number of benzene rings is 1. The highest BCUT2D eigenvalue weighted by atomic mass is 35.5. The molecule has 1 heterocycles. The Balaban J connectivity index is 2.12. The minimum Gasteiger partial charge on any atom is -0.315 e. The van der Waals surface area contributed by atoms with Crippen LogP contribution in [0.3, 0.4) is 0 Å². The summed E-state index contributed by atoms with van der Waals surface area (Å²) in [5.41, 5.74) is 1.36. The van der Waals surface area contributed by atoms with Crippen LogP contribution in [0.4, 0.5) is 0 Å². The smallest absolute Gasteiger partial charge is 0.0408 e. The molecule has 1 nitrogen and oxygen atoms in total. The number of hydrogen-bond acceptors (Lipinski definition) is 2. The standard InChI is InChI=1S/C11H14ClNS/c12-11-3-1-2-9(6-11)10-7-13-4-5-14-8-10/h1-3,6,10,13H,4-5,7-8H2. The second kappa shape index (κ2) is 5.06. The molecular formula is C11H14ClNS. The van der Waals surface area contributed by atoms with Crippen LogP contribution in [-0.4, -0.2) is 24.6 Å². The summed E-state index contributed by atoms with van der Waals surface area (Å²) in [6, 6.07) is 8.22. The lowest BCUT2D eigenvalue weighted by Crippen LogP contribution is -2.21. The summed E-state index contributed by atoms with van der Waals surface area (Å²) in [6.45, 7) is 2.20. The van der Waals surface area contributed by atoms with Gasteiger partial charge in [0.15, 0.2) is 0 Å². The van der Waals surface area contributed by atoms with E-state index in [2.05, 4.69) is 17.4 Å². The van der Waals surface area contributed by atoms with E-state index >= 15 is 0 Å². The molecule has 1 N–H and O–H groups in total. The monoisotopic (exact) mass is 227 g/mol. The zero-order chi connectivity index (χ0) is 9.80. The Morgan fingerprint density at radius 2 is 2.36 bits per heavy atom. The second-order valence-corrected chi connectivity index (χ2v) is 5.12. The summed E-state index contributed by atoms with van der Waals surface area (Å²) in [5, 5.41) is 4.30. The van der Waals surface area contributed by atoms with Gasteiger partial charge in [0, 0.05) is 35.5 Å². The third kappa shape index (κ3) is 2.66. The largest absolute Gasteiger partial charge is 0.315 e. The molecule has 3 heteroatoms. The van der Waals surface area contributed by atoms with Gasteiger partial charge in [0.1, 0.15) is 0 Å². The Kier molecular flexibility index (Phi) is 3.74. The molecule has 0 bridgehead atoms. The van der Waals surface area contributed by atoms with Crippen molar-refractivity contribution in [2.45, 2.75) is 5.92 Å². The second-order valence-electron chi connectivity index (χ2n) is 3.53. The summed E-state index contributed by atoms with van der Waals surface area (Å²) in [6.07, 6.45) is 0. The molecule has 76 valence electrons. The van der Waals surface area contributed by atoms with E-state index in [1.807, 2.05) is 23.9 Å². The molecule has 1 aliphatic rings. The van der Waals surface area contributed by atoms with Crippen molar-refractivity contribution in [2.24, 2.45) is 0 Å². The van der Waals surface area contributed by atoms with Crippen LogP contribution in [-0.2, 0) is 0 Å². The van der Waals surface area contributed by atoms with Crippen LogP contribution < -0.4 is 5.32 Å². The van der Waals surface area contributed by atoms with Gasteiger partial charge in [0.25, 0.3) is 0 Å². The van der Waals surface area contributed by atoms with Gasteiger partial charge in [-0.3, -0.25) is 0 Å². The van der Waals surface area contributed by atoms with Crippen LogP contribution in [0.25, 0.3) is 0 Å². The van der Waals surface area contributed by atoms with Gasteiger partial charge < -0.3 is 5.32 Å². The molecule has 1 aromatic rings. The fourth-order valence-corrected chi connectivity index (χ4v) is 2.93. The molecule has 2 rings (SSSR count). The van der Waals surface area contributed by atoms with E-state index in [1.165, 1.54) is 17.1 Å². The molecule has 0 aromatic heterocycles. The first-order valence-electron chi connectivity index (χ1n) is 4.90. The highest BCUT2D eigenvalue weighted by Crippen LogP contribution is 2.24. The molecule has 0 saturated carbocycles. The van der Waals surface area contributed by atoms with Crippen LogP contribution in [0.2, 0.25) is 5.02 Å². The van der Waals surface area contributed by atoms with Gasteiger partial charge >= 0.3 is 0 Å². The summed E-state index contributed by atoms with van der Waals surface area (Å²) in [4.78, 5) is 0. The quantitative estimate of drug-likeness (QED) is 0.792. The third-order valence-electron chi connectivity index (χ3n) is 2.45. The van der Waals surface area contributed by atoms with E-state index in [-0.39, 0.29) is 0 Å². The Hall–Kier alpha value is -0.180. The first-order valence-corrected chi connectivity index (χ1v) is 6.43. The van der Waals surface area contributed by atoms with Gasteiger partial charge in [-0.2, -0.15) is 11.8 Å². The Morgan fingerprint density at radius 3 is 3.21 bits per heavy atom. The fraction of sp³-hybridized carbons (Fsp3) is 0.455. The van der Waals surface area contributed by atoms with Crippen molar-refractivity contribution in [2.75, 3.05) is 24.6 Å². The molecule has 0 amide bonds. The van der Waals surface area contributed by atoms with Gasteiger partial charge in [-0.25, -0.2) is 0 Å². The first kappa shape index (κ1) is 10.3. The molecule has 1 atom stereocenters. The molecule has 1 aliphatic heterocycles. The fourth-order valence-electron chi connectivity index (χ4n) is 1.68. The third-order valence-corrected chi connectivity index (χ3v) is 3.82. The van der Waals surface area contributed by atoms with Gasteiger partial charge in [-0.05, 0) is 17.7 Å².